The number of nitrogens with zero attached hydrogens (tertiary/aromatic N) is 1. The number of hydroxylamine groups is 1. The number of hydrogen-bond acceptors (Lipinski definition) is 4. The molecule has 6 nitrogen and oxygen atoms in total. The van der Waals surface area contributed by atoms with Crippen LogP contribution in [0.4, 0.5) is 0 Å². The van der Waals surface area contributed by atoms with Crippen LogP contribution < -0.4 is 10.8 Å². The van der Waals surface area contributed by atoms with E-state index in [1.807, 2.05) is 42.2 Å². The molecule has 0 bridgehead atoms. The summed E-state index contributed by atoms with van der Waals surface area (Å²) in [6.45, 7) is 5.89. The van der Waals surface area contributed by atoms with Crippen molar-refractivity contribution in [2.24, 2.45) is 5.92 Å². The molecule has 2 aliphatic rings. The quantitative estimate of drug-likeness (QED) is 0.675. The lowest BCUT2D eigenvalue weighted by atomic mass is 9.90. The van der Waals surface area contributed by atoms with Gasteiger partial charge in [-0.1, -0.05) is 49.4 Å². The maximum absolute atomic E-state index is 13.2. The zero-order chi connectivity index (χ0) is 23.3. The van der Waals surface area contributed by atoms with Crippen LogP contribution in [0.5, 0.6) is 0 Å². The first-order valence-electron chi connectivity index (χ1n) is 11.9. The highest BCUT2D eigenvalue weighted by Crippen LogP contribution is 2.28. The summed E-state index contributed by atoms with van der Waals surface area (Å²) in [5, 5.41) is 2.87. The number of amides is 2. The summed E-state index contributed by atoms with van der Waals surface area (Å²) in [7, 11) is 0. The third-order valence-corrected chi connectivity index (χ3v) is 6.47. The fraction of sp³-hybridized carbons (Fsp3) is 0.407. The molecule has 0 aliphatic carbocycles. The molecule has 2 amide bonds. The highest BCUT2D eigenvalue weighted by Gasteiger charge is 2.38. The first-order valence-corrected chi connectivity index (χ1v) is 11.9. The second-order valence-corrected chi connectivity index (χ2v) is 9.13. The van der Waals surface area contributed by atoms with Crippen molar-refractivity contribution in [1.82, 2.24) is 15.7 Å². The maximum Gasteiger partial charge on any atom is 0.258 e. The molecule has 6 heteroatoms. The molecule has 1 unspecified atom stereocenters. The van der Waals surface area contributed by atoms with E-state index in [2.05, 4.69) is 35.1 Å². The Bertz CT molecular complexity index is 1010. The Hall–Kier alpha value is -3.12. The fourth-order valence-electron chi connectivity index (χ4n) is 4.45. The number of carbonyl (C=O) groups excluding carboxylic acids is 2. The second-order valence-electron chi connectivity index (χ2n) is 9.13. The Kier molecular flexibility index (Phi) is 7.14. The molecule has 1 atom stereocenters. The second kappa shape index (κ2) is 10.2. The van der Waals surface area contributed by atoms with E-state index in [-0.39, 0.29) is 11.8 Å². The van der Waals surface area contributed by atoms with Crippen LogP contribution in [0.3, 0.4) is 0 Å². The van der Waals surface area contributed by atoms with Gasteiger partial charge < -0.3 is 10.2 Å². The van der Waals surface area contributed by atoms with Crippen LogP contribution in [0, 0.1) is 5.92 Å². The Morgan fingerprint density at radius 2 is 1.88 bits per heavy atom. The number of piperidine rings is 1. The standard InChI is InChI=1S/C27H33N3O3/c1-3-14-28-26(32)27(2)19-24(29-33-27)22-10-7-11-23(18-22)25(31)30-15-12-21(13-16-30)17-20-8-5-4-6-9-20/h4-11,18-19,21,29H,3,12-17H2,1-2H3,(H,28,32). The van der Waals surface area contributed by atoms with Crippen molar-refractivity contribution >= 4 is 17.5 Å². The van der Waals surface area contributed by atoms with E-state index in [9.17, 15) is 9.59 Å². The van der Waals surface area contributed by atoms with E-state index in [4.69, 9.17) is 4.84 Å². The third-order valence-electron chi connectivity index (χ3n) is 6.47. The maximum atomic E-state index is 13.2. The normalized spacial score (nSPS) is 20.8. The van der Waals surface area contributed by atoms with Crippen LogP contribution in [0.1, 0.15) is 54.6 Å². The van der Waals surface area contributed by atoms with E-state index in [1.165, 1.54) is 5.56 Å². The van der Waals surface area contributed by atoms with E-state index >= 15 is 0 Å². The SMILES string of the molecule is CCCNC(=O)C1(C)C=C(c2cccc(C(=O)N3CCC(Cc4ccccc4)CC3)c2)NO1. The largest absolute Gasteiger partial charge is 0.353 e. The van der Waals surface area contributed by atoms with Crippen LogP contribution in [0.2, 0.25) is 0 Å². The molecule has 0 radical (unpaired) electrons. The third kappa shape index (κ3) is 5.45. The van der Waals surface area contributed by atoms with Gasteiger partial charge in [-0.15, -0.1) is 0 Å². The molecule has 2 aromatic rings. The summed E-state index contributed by atoms with van der Waals surface area (Å²) in [6, 6.07) is 18.1. The van der Waals surface area contributed by atoms with Gasteiger partial charge in [0.1, 0.15) is 0 Å². The minimum atomic E-state index is -1.08. The predicted octanol–water partition coefficient (Wildman–Crippen LogP) is 3.94. The summed E-state index contributed by atoms with van der Waals surface area (Å²) < 4.78 is 0. The summed E-state index contributed by atoms with van der Waals surface area (Å²) in [5.74, 6) is 0.486. The molecule has 2 aromatic carbocycles. The van der Waals surface area contributed by atoms with Crippen molar-refractivity contribution in [1.29, 1.82) is 0 Å². The van der Waals surface area contributed by atoms with Gasteiger partial charge >= 0.3 is 0 Å². The van der Waals surface area contributed by atoms with Gasteiger partial charge in [-0.25, -0.2) is 0 Å². The number of rotatable bonds is 7. The number of benzene rings is 2. The van der Waals surface area contributed by atoms with Crippen molar-refractivity contribution in [2.75, 3.05) is 19.6 Å². The van der Waals surface area contributed by atoms with Gasteiger partial charge in [0, 0.05) is 30.8 Å². The van der Waals surface area contributed by atoms with Gasteiger partial charge in [-0.2, -0.15) is 0 Å². The van der Waals surface area contributed by atoms with Gasteiger partial charge in [0.25, 0.3) is 11.8 Å². The van der Waals surface area contributed by atoms with Gasteiger partial charge in [0.2, 0.25) is 0 Å². The molecule has 0 saturated carbocycles. The fourth-order valence-corrected chi connectivity index (χ4v) is 4.45. The number of hydrogen-bond donors (Lipinski definition) is 2. The van der Waals surface area contributed by atoms with E-state index < -0.39 is 5.60 Å². The molecule has 0 spiro atoms. The number of nitrogens with one attached hydrogen (secondary N) is 2. The molecule has 174 valence electrons. The highest BCUT2D eigenvalue weighted by atomic mass is 16.7. The van der Waals surface area contributed by atoms with Crippen molar-refractivity contribution in [3.8, 4) is 0 Å². The Labute approximate surface area is 196 Å². The van der Waals surface area contributed by atoms with Crippen LogP contribution in [-0.2, 0) is 16.1 Å². The molecule has 2 aliphatic heterocycles. The van der Waals surface area contributed by atoms with Crippen LogP contribution in [0.15, 0.2) is 60.7 Å². The summed E-state index contributed by atoms with van der Waals surface area (Å²) >= 11 is 0. The first kappa shape index (κ1) is 23.1. The Morgan fingerprint density at radius 3 is 2.61 bits per heavy atom. The van der Waals surface area contributed by atoms with E-state index in [0.29, 0.717) is 23.7 Å². The average Bonchev–Trinajstić information content (AvgIpc) is 3.27. The Morgan fingerprint density at radius 1 is 1.12 bits per heavy atom. The molecule has 2 N–H and O–H groups in total. The zero-order valence-electron chi connectivity index (χ0n) is 19.5. The van der Waals surface area contributed by atoms with Crippen molar-refractivity contribution in [3.63, 3.8) is 0 Å². The van der Waals surface area contributed by atoms with Crippen molar-refractivity contribution in [2.45, 2.75) is 45.1 Å². The lowest BCUT2D eigenvalue weighted by Crippen LogP contribution is -2.44. The zero-order valence-corrected chi connectivity index (χ0v) is 19.5. The topological polar surface area (TPSA) is 70.7 Å². The van der Waals surface area contributed by atoms with Crippen LogP contribution in [-0.4, -0.2) is 41.9 Å². The van der Waals surface area contributed by atoms with E-state index in [0.717, 1.165) is 44.3 Å². The minimum absolute atomic E-state index is 0.0537. The number of carbonyl (C=O) groups is 2. The molecule has 1 saturated heterocycles. The predicted molar refractivity (Wildman–Crippen MR) is 129 cm³/mol. The summed E-state index contributed by atoms with van der Waals surface area (Å²) in [6.07, 6.45) is 5.75. The average molecular weight is 448 g/mol. The molecular formula is C27H33N3O3. The highest BCUT2D eigenvalue weighted by molar-refractivity contribution is 5.95. The van der Waals surface area contributed by atoms with Gasteiger partial charge in [-0.3, -0.25) is 19.9 Å². The van der Waals surface area contributed by atoms with Gasteiger partial charge in [-0.05, 0) is 62.3 Å². The van der Waals surface area contributed by atoms with Crippen molar-refractivity contribution < 1.29 is 14.4 Å². The van der Waals surface area contributed by atoms with Gasteiger partial charge in [0.05, 0.1) is 5.70 Å². The van der Waals surface area contributed by atoms with Crippen LogP contribution in [0.25, 0.3) is 5.70 Å². The molecule has 1 fully saturated rings. The lowest BCUT2D eigenvalue weighted by molar-refractivity contribution is -0.141. The summed E-state index contributed by atoms with van der Waals surface area (Å²) in [4.78, 5) is 33.2. The molecule has 2 heterocycles. The minimum Gasteiger partial charge on any atom is -0.353 e. The van der Waals surface area contributed by atoms with Crippen LogP contribution >= 0.6 is 0 Å². The van der Waals surface area contributed by atoms with Gasteiger partial charge in [0.15, 0.2) is 5.60 Å². The van der Waals surface area contributed by atoms with E-state index in [1.54, 1.807) is 13.0 Å². The monoisotopic (exact) mass is 447 g/mol. The first-order chi connectivity index (χ1) is 16.0. The van der Waals surface area contributed by atoms with Crippen molar-refractivity contribution in [3.05, 3.63) is 77.4 Å². The number of likely N-dealkylation sites (tertiary alicyclic amines) is 1. The lowest BCUT2D eigenvalue weighted by Gasteiger charge is -2.32. The molecule has 4 rings (SSSR count). The Balaban J connectivity index is 1.38. The molecule has 33 heavy (non-hydrogen) atoms. The molecular weight excluding hydrogens is 414 g/mol. The molecule has 0 aromatic heterocycles. The smallest absolute Gasteiger partial charge is 0.258 e. The summed E-state index contributed by atoms with van der Waals surface area (Å²) in [5.41, 5.74) is 5.33.